The second-order valence-corrected chi connectivity index (χ2v) is 17.3. The van der Waals surface area contributed by atoms with E-state index in [-0.39, 0.29) is 19.4 Å². The Hall–Kier alpha value is -1.09. The van der Waals surface area contributed by atoms with Gasteiger partial charge in [0.05, 0.1) is 27.7 Å². The highest BCUT2D eigenvalue weighted by atomic mass is 31.2. The number of ketones is 1. The Bertz CT molecular complexity index is 922. The van der Waals surface area contributed by atoms with Gasteiger partial charge in [0, 0.05) is 12.8 Å². The van der Waals surface area contributed by atoms with Gasteiger partial charge in [0.2, 0.25) is 0 Å². The third-order valence-electron chi connectivity index (χ3n) is 9.55. The van der Waals surface area contributed by atoms with Crippen molar-refractivity contribution in [2.24, 2.45) is 0 Å². The Morgan fingerprint density at radius 2 is 1.02 bits per heavy atom. The second kappa shape index (κ2) is 34.4. The lowest BCUT2D eigenvalue weighted by atomic mass is 10.0. The Morgan fingerprint density at radius 3 is 1.46 bits per heavy atom. The molecule has 0 bridgehead atoms. The van der Waals surface area contributed by atoms with Crippen molar-refractivity contribution in [3.05, 3.63) is 12.2 Å². The summed E-state index contributed by atoms with van der Waals surface area (Å²) in [6.07, 6.45) is 32.2. The van der Waals surface area contributed by atoms with Gasteiger partial charge in [0.1, 0.15) is 13.2 Å². The maximum Gasteiger partial charge on any atom is 0.472 e. The molecule has 0 aromatic rings. The summed E-state index contributed by atoms with van der Waals surface area (Å²) in [5.74, 6) is -1.01. The summed E-state index contributed by atoms with van der Waals surface area (Å²) in [6, 6.07) is 0. The van der Waals surface area contributed by atoms with Crippen LogP contribution in [0.1, 0.15) is 194 Å². The van der Waals surface area contributed by atoms with Crippen LogP contribution in [-0.4, -0.2) is 79.3 Å². The average Bonchev–Trinajstić information content (AvgIpc) is 3.09. The molecule has 0 aliphatic heterocycles. The standard InChI is InChI=1S/C42H82NO8P/c1-6-8-10-12-14-16-18-20-21-23-24-26-28-30-32-34-39(44)42(46)40(38-50-52(47,48)49-37-36-43(3,4)5)51-41(45)35-33-31-29-27-25-22-19-17-15-13-11-9-7-2/h20-21,40,42,46H,6-19,22-38H2,1-5H3/p+1/b21-20-/t40-,42?/m0/s1. The molecule has 0 aromatic heterocycles. The molecule has 3 atom stereocenters. The van der Waals surface area contributed by atoms with Crippen LogP contribution in [-0.2, 0) is 27.9 Å². The van der Waals surface area contributed by atoms with Gasteiger partial charge in [-0.05, 0) is 38.5 Å². The molecular weight excluding hydrogens is 677 g/mol. The topological polar surface area (TPSA) is 119 Å². The van der Waals surface area contributed by atoms with Crippen LogP contribution in [0.4, 0.5) is 0 Å². The molecular formula is C42H83NO8P+. The maximum atomic E-state index is 12.9. The molecule has 0 saturated heterocycles. The highest BCUT2D eigenvalue weighted by molar-refractivity contribution is 7.47. The minimum Gasteiger partial charge on any atom is -0.457 e. The normalized spacial score (nSPS) is 14.4. The molecule has 10 heteroatoms. The number of likely N-dealkylation sites (N-methyl/N-ethyl adjacent to an activating group) is 1. The van der Waals surface area contributed by atoms with Crippen molar-refractivity contribution in [1.82, 2.24) is 0 Å². The van der Waals surface area contributed by atoms with Gasteiger partial charge in [-0.1, -0.05) is 154 Å². The zero-order valence-electron chi connectivity index (χ0n) is 34.5. The summed E-state index contributed by atoms with van der Waals surface area (Å²) in [5, 5.41) is 10.9. The van der Waals surface area contributed by atoms with Crippen LogP contribution in [0.3, 0.4) is 0 Å². The van der Waals surface area contributed by atoms with Crippen LogP contribution < -0.4 is 0 Å². The number of aliphatic hydroxyl groups excluding tert-OH is 1. The van der Waals surface area contributed by atoms with Gasteiger partial charge >= 0.3 is 13.8 Å². The molecule has 0 aliphatic rings. The largest absolute Gasteiger partial charge is 0.472 e. The van der Waals surface area contributed by atoms with Crippen LogP contribution >= 0.6 is 7.82 Å². The van der Waals surface area contributed by atoms with Gasteiger partial charge < -0.3 is 19.2 Å². The van der Waals surface area contributed by atoms with Gasteiger partial charge in [-0.3, -0.25) is 18.6 Å². The van der Waals surface area contributed by atoms with E-state index in [0.717, 1.165) is 57.8 Å². The lowest BCUT2D eigenvalue weighted by Gasteiger charge is -2.25. The molecule has 0 spiro atoms. The molecule has 0 fully saturated rings. The number of hydrogen-bond acceptors (Lipinski definition) is 7. The first-order valence-electron chi connectivity index (χ1n) is 21.4. The molecule has 2 unspecified atom stereocenters. The van der Waals surface area contributed by atoms with E-state index in [1.807, 2.05) is 21.1 Å². The van der Waals surface area contributed by atoms with Crippen molar-refractivity contribution in [3.63, 3.8) is 0 Å². The summed E-state index contributed by atoms with van der Waals surface area (Å²) in [6.45, 7) is 4.34. The van der Waals surface area contributed by atoms with Crippen LogP contribution in [0.5, 0.6) is 0 Å². The van der Waals surface area contributed by atoms with E-state index >= 15 is 0 Å². The molecule has 52 heavy (non-hydrogen) atoms. The van der Waals surface area contributed by atoms with E-state index in [4.69, 9.17) is 13.8 Å². The quantitative estimate of drug-likeness (QED) is 0.0209. The Balaban J connectivity index is 4.55. The molecule has 0 rings (SSSR count). The fraction of sp³-hybridized carbons (Fsp3) is 0.905. The average molecular weight is 761 g/mol. The predicted molar refractivity (Wildman–Crippen MR) is 215 cm³/mol. The van der Waals surface area contributed by atoms with E-state index in [2.05, 4.69) is 26.0 Å². The molecule has 0 radical (unpaired) electrons. The lowest BCUT2D eigenvalue weighted by molar-refractivity contribution is -0.870. The number of allylic oxidation sites excluding steroid dienone is 2. The van der Waals surface area contributed by atoms with E-state index in [1.165, 1.54) is 96.3 Å². The molecule has 308 valence electrons. The molecule has 0 saturated carbocycles. The lowest BCUT2D eigenvalue weighted by Crippen LogP contribution is -2.40. The van der Waals surface area contributed by atoms with Crippen LogP contribution in [0, 0.1) is 0 Å². The summed E-state index contributed by atoms with van der Waals surface area (Å²) in [5.41, 5.74) is 0. The summed E-state index contributed by atoms with van der Waals surface area (Å²) in [7, 11) is 1.30. The third-order valence-corrected chi connectivity index (χ3v) is 10.5. The second-order valence-electron chi connectivity index (χ2n) is 15.9. The first kappa shape index (κ1) is 50.9. The van der Waals surface area contributed by atoms with E-state index in [9.17, 15) is 24.2 Å². The number of nitrogens with zero attached hydrogens (tertiary/aromatic N) is 1. The number of aliphatic hydroxyl groups is 1. The van der Waals surface area contributed by atoms with Gasteiger partial charge in [0.15, 0.2) is 18.0 Å². The van der Waals surface area contributed by atoms with E-state index in [1.54, 1.807) is 0 Å². The molecule has 2 N–H and O–H groups in total. The number of phosphoric acid groups is 1. The number of quaternary nitrogens is 1. The number of carbonyl (C=O) groups excluding carboxylic acids is 2. The molecule has 0 aromatic carbocycles. The zero-order chi connectivity index (χ0) is 38.8. The Kier molecular flexibility index (Phi) is 33.7. The number of phosphoric ester groups is 1. The SMILES string of the molecule is CCCCCCCC/C=C\CCCCCCCC(=O)C(O)[C@H](COP(=O)(O)OCC[N+](C)(C)C)OC(=O)CCCCCCCCCCCCCCC. The van der Waals surface area contributed by atoms with Gasteiger partial charge in [-0.2, -0.15) is 0 Å². The molecule has 9 nitrogen and oxygen atoms in total. The van der Waals surface area contributed by atoms with Crippen LogP contribution in [0.25, 0.3) is 0 Å². The highest BCUT2D eigenvalue weighted by Crippen LogP contribution is 2.43. The van der Waals surface area contributed by atoms with Gasteiger partial charge in [0.25, 0.3) is 0 Å². The number of carbonyl (C=O) groups is 2. The zero-order valence-corrected chi connectivity index (χ0v) is 35.4. The van der Waals surface area contributed by atoms with Gasteiger partial charge in [-0.15, -0.1) is 0 Å². The van der Waals surface area contributed by atoms with Crippen molar-refractivity contribution >= 4 is 19.6 Å². The van der Waals surface area contributed by atoms with Crippen molar-refractivity contribution < 1.29 is 42.4 Å². The van der Waals surface area contributed by atoms with Crippen molar-refractivity contribution in [2.75, 3.05) is 40.9 Å². The minimum atomic E-state index is -4.48. The fourth-order valence-electron chi connectivity index (χ4n) is 6.06. The van der Waals surface area contributed by atoms with Crippen LogP contribution in [0.15, 0.2) is 12.2 Å². The Labute approximate surface area is 320 Å². The summed E-state index contributed by atoms with van der Waals surface area (Å²) >= 11 is 0. The smallest absolute Gasteiger partial charge is 0.457 e. The fourth-order valence-corrected chi connectivity index (χ4v) is 6.79. The number of hydrogen-bond donors (Lipinski definition) is 2. The number of ether oxygens (including phenoxy) is 1. The number of unbranched alkanes of at least 4 members (excludes halogenated alkanes) is 23. The minimum absolute atomic E-state index is 0.0161. The Morgan fingerprint density at radius 1 is 0.615 bits per heavy atom. The first-order valence-corrected chi connectivity index (χ1v) is 22.9. The van der Waals surface area contributed by atoms with Gasteiger partial charge in [-0.25, -0.2) is 4.57 Å². The van der Waals surface area contributed by atoms with Crippen molar-refractivity contribution in [2.45, 2.75) is 206 Å². The molecule has 0 amide bonds. The van der Waals surface area contributed by atoms with Crippen molar-refractivity contribution in [1.29, 1.82) is 0 Å². The maximum absolute atomic E-state index is 12.9. The highest BCUT2D eigenvalue weighted by Gasteiger charge is 2.33. The summed E-state index contributed by atoms with van der Waals surface area (Å²) < 4.78 is 28.7. The van der Waals surface area contributed by atoms with Crippen molar-refractivity contribution in [3.8, 4) is 0 Å². The first-order chi connectivity index (χ1) is 24.9. The van der Waals surface area contributed by atoms with Crippen LogP contribution in [0.2, 0.25) is 0 Å². The number of Topliss-reactive ketones (excluding diaryl/α,β-unsaturated/α-hetero) is 1. The molecule has 0 heterocycles. The number of rotatable bonds is 39. The third kappa shape index (κ3) is 34.7. The molecule has 0 aliphatic carbocycles. The monoisotopic (exact) mass is 761 g/mol. The number of esters is 1. The van der Waals surface area contributed by atoms with E-state index in [0.29, 0.717) is 23.9 Å². The predicted octanol–water partition coefficient (Wildman–Crippen LogP) is 11.2. The summed E-state index contributed by atoms with van der Waals surface area (Å²) in [4.78, 5) is 35.8. The van der Waals surface area contributed by atoms with E-state index < -0.39 is 38.4 Å².